The second-order valence-electron chi connectivity index (χ2n) is 3.83. The fourth-order valence-corrected chi connectivity index (χ4v) is 2.49. The molecule has 8 heteroatoms. The fraction of sp³-hybridized carbons (Fsp3) is 0.0909. The van der Waals surface area contributed by atoms with Crippen LogP contribution in [0.2, 0.25) is 0 Å². The zero-order chi connectivity index (χ0) is 13.2. The van der Waals surface area contributed by atoms with Crippen molar-refractivity contribution in [1.82, 2.24) is 24.7 Å². The zero-order valence-corrected chi connectivity index (χ0v) is 11.3. The Morgan fingerprint density at radius 1 is 1.42 bits per heavy atom. The predicted octanol–water partition coefficient (Wildman–Crippen LogP) is 1.80. The lowest BCUT2D eigenvalue weighted by molar-refractivity contribution is 0.768. The van der Waals surface area contributed by atoms with Crippen LogP contribution in [0.25, 0.3) is 11.5 Å². The number of hydrogen-bond acceptors (Lipinski definition) is 5. The topological polar surface area (TPSA) is 79.4 Å². The molecule has 0 aliphatic carbocycles. The molecule has 0 saturated carbocycles. The number of hydrogen-bond donors (Lipinski definition) is 2. The van der Waals surface area contributed by atoms with Gasteiger partial charge in [-0.05, 0) is 24.4 Å². The molecule has 0 bridgehead atoms. The highest BCUT2D eigenvalue weighted by Crippen LogP contribution is 2.15. The highest BCUT2D eigenvalue weighted by atomic mass is 32.1. The highest BCUT2D eigenvalue weighted by molar-refractivity contribution is 7.71. The van der Waals surface area contributed by atoms with Crippen molar-refractivity contribution in [1.29, 1.82) is 0 Å². The second-order valence-corrected chi connectivity index (χ2v) is 5.06. The smallest absolute Gasteiger partial charge is 0.304 e. The van der Waals surface area contributed by atoms with E-state index in [9.17, 15) is 4.79 Å². The Balaban J connectivity index is 2.04. The number of thiazole rings is 1. The van der Waals surface area contributed by atoms with Crippen molar-refractivity contribution in [2.24, 2.45) is 0 Å². The van der Waals surface area contributed by atoms with Crippen molar-refractivity contribution in [2.75, 3.05) is 0 Å². The van der Waals surface area contributed by atoms with Crippen molar-refractivity contribution in [3.63, 3.8) is 0 Å². The first-order chi connectivity index (χ1) is 9.24. The van der Waals surface area contributed by atoms with E-state index in [1.165, 1.54) is 0 Å². The van der Waals surface area contributed by atoms with Gasteiger partial charge < -0.3 is 4.98 Å². The third-order valence-electron chi connectivity index (χ3n) is 2.55. The minimum atomic E-state index is -0.0793. The summed E-state index contributed by atoms with van der Waals surface area (Å²) in [7, 11) is 0. The van der Waals surface area contributed by atoms with Crippen LogP contribution in [-0.4, -0.2) is 24.7 Å². The molecule has 0 fully saturated rings. The van der Waals surface area contributed by atoms with E-state index in [-0.39, 0.29) is 4.87 Å². The average Bonchev–Trinajstić information content (AvgIpc) is 2.99. The van der Waals surface area contributed by atoms with Gasteiger partial charge in [-0.15, -0.1) is 0 Å². The summed E-state index contributed by atoms with van der Waals surface area (Å²) in [5.74, 6) is 0.651. The van der Waals surface area contributed by atoms with Gasteiger partial charge in [-0.1, -0.05) is 17.4 Å². The van der Waals surface area contributed by atoms with Gasteiger partial charge in [0.15, 0.2) is 10.6 Å². The molecule has 6 nitrogen and oxygen atoms in total. The molecule has 0 aliphatic rings. The van der Waals surface area contributed by atoms with E-state index in [0.29, 0.717) is 17.1 Å². The molecule has 0 radical (unpaired) electrons. The SMILES string of the molecule is O=c1[nH]c(Cn2c(-c3ccccn3)n[nH]c2=S)cs1. The molecule has 3 rings (SSSR count). The fourth-order valence-electron chi connectivity index (χ4n) is 1.72. The van der Waals surface area contributed by atoms with E-state index in [0.717, 1.165) is 22.7 Å². The second kappa shape index (κ2) is 4.90. The summed E-state index contributed by atoms with van der Waals surface area (Å²) in [6.45, 7) is 0.458. The van der Waals surface area contributed by atoms with Gasteiger partial charge in [-0.25, -0.2) is 0 Å². The number of nitrogens with one attached hydrogen (secondary N) is 2. The standard InChI is InChI=1S/C11H9N5OS2/c17-11-13-7(6-19-11)5-16-9(14-15-10(16)18)8-3-1-2-4-12-8/h1-4,6H,5H2,(H,13,17)(H,15,18). The highest BCUT2D eigenvalue weighted by Gasteiger charge is 2.10. The van der Waals surface area contributed by atoms with Crippen LogP contribution in [0.1, 0.15) is 5.69 Å². The van der Waals surface area contributed by atoms with E-state index in [1.807, 2.05) is 18.2 Å². The molecule has 19 heavy (non-hydrogen) atoms. The number of H-pyrrole nitrogens is 2. The van der Waals surface area contributed by atoms with E-state index in [1.54, 1.807) is 16.1 Å². The molecular weight excluding hydrogens is 282 g/mol. The van der Waals surface area contributed by atoms with Crippen molar-refractivity contribution in [3.8, 4) is 11.5 Å². The molecule has 0 unspecified atom stereocenters. The summed E-state index contributed by atoms with van der Waals surface area (Å²) in [5.41, 5.74) is 1.53. The van der Waals surface area contributed by atoms with Gasteiger partial charge in [-0.2, -0.15) is 5.10 Å². The monoisotopic (exact) mass is 291 g/mol. The molecule has 0 amide bonds. The zero-order valence-electron chi connectivity index (χ0n) is 9.66. The van der Waals surface area contributed by atoms with Crippen molar-refractivity contribution in [2.45, 2.75) is 6.54 Å². The Kier molecular flexibility index (Phi) is 3.10. The molecule has 3 aromatic rings. The van der Waals surface area contributed by atoms with Crippen molar-refractivity contribution >= 4 is 23.6 Å². The first-order valence-corrected chi connectivity index (χ1v) is 6.76. The van der Waals surface area contributed by atoms with Gasteiger partial charge in [0.1, 0.15) is 5.69 Å². The van der Waals surface area contributed by atoms with E-state index in [2.05, 4.69) is 20.2 Å². The van der Waals surface area contributed by atoms with E-state index < -0.39 is 0 Å². The Hall–Kier alpha value is -2.06. The lowest BCUT2D eigenvalue weighted by Gasteiger charge is -2.04. The summed E-state index contributed by atoms with van der Waals surface area (Å²) < 4.78 is 2.29. The van der Waals surface area contributed by atoms with Crippen LogP contribution in [0.15, 0.2) is 34.6 Å². The van der Waals surface area contributed by atoms with Crippen LogP contribution in [-0.2, 0) is 6.54 Å². The number of aromatic nitrogens is 5. The normalized spacial score (nSPS) is 10.7. The van der Waals surface area contributed by atoms with Crippen molar-refractivity contribution in [3.05, 3.63) is 49.9 Å². The molecule has 2 N–H and O–H groups in total. The van der Waals surface area contributed by atoms with Gasteiger partial charge in [0.25, 0.3) is 0 Å². The summed E-state index contributed by atoms with van der Waals surface area (Å²) in [4.78, 5) is 18.1. The van der Waals surface area contributed by atoms with Crippen LogP contribution >= 0.6 is 23.6 Å². The summed E-state index contributed by atoms with van der Waals surface area (Å²) in [6.07, 6.45) is 1.70. The maximum atomic E-state index is 11.2. The van der Waals surface area contributed by atoms with Gasteiger partial charge in [-0.3, -0.25) is 19.4 Å². The summed E-state index contributed by atoms with van der Waals surface area (Å²) >= 11 is 6.34. The van der Waals surface area contributed by atoms with E-state index in [4.69, 9.17) is 12.2 Å². The first kappa shape index (κ1) is 12.0. The molecular formula is C11H9N5OS2. The van der Waals surface area contributed by atoms with Gasteiger partial charge >= 0.3 is 4.87 Å². The number of rotatable bonds is 3. The molecule has 0 aromatic carbocycles. The minimum Gasteiger partial charge on any atom is -0.315 e. The van der Waals surface area contributed by atoms with Crippen LogP contribution in [0.3, 0.4) is 0 Å². The third-order valence-corrected chi connectivity index (χ3v) is 3.58. The summed E-state index contributed by atoms with van der Waals surface area (Å²) in [6, 6.07) is 5.58. The Labute approximate surface area is 116 Å². The number of nitrogens with zero attached hydrogens (tertiary/aromatic N) is 3. The maximum Gasteiger partial charge on any atom is 0.304 e. The van der Waals surface area contributed by atoms with Gasteiger partial charge in [0.2, 0.25) is 0 Å². The Morgan fingerprint density at radius 2 is 2.32 bits per heavy atom. The van der Waals surface area contributed by atoms with Crippen LogP contribution in [0, 0.1) is 4.77 Å². The number of pyridine rings is 1. The van der Waals surface area contributed by atoms with E-state index >= 15 is 0 Å². The molecule has 3 heterocycles. The van der Waals surface area contributed by atoms with Gasteiger partial charge in [0, 0.05) is 17.3 Å². The van der Waals surface area contributed by atoms with Gasteiger partial charge in [0.05, 0.1) is 6.54 Å². The molecule has 96 valence electrons. The quantitative estimate of drug-likeness (QED) is 0.721. The van der Waals surface area contributed by atoms with Crippen LogP contribution in [0.5, 0.6) is 0 Å². The maximum absolute atomic E-state index is 11.2. The number of aromatic amines is 2. The molecule has 0 atom stereocenters. The Morgan fingerprint density at radius 3 is 3.00 bits per heavy atom. The molecule has 0 spiro atoms. The molecule has 0 aliphatic heterocycles. The largest absolute Gasteiger partial charge is 0.315 e. The van der Waals surface area contributed by atoms with Crippen molar-refractivity contribution < 1.29 is 0 Å². The molecule has 3 aromatic heterocycles. The third kappa shape index (κ3) is 2.40. The lowest BCUT2D eigenvalue weighted by atomic mass is 10.3. The van der Waals surface area contributed by atoms with Crippen LogP contribution < -0.4 is 4.87 Å². The summed E-state index contributed by atoms with van der Waals surface area (Å²) in [5, 5.41) is 8.71. The lowest BCUT2D eigenvalue weighted by Crippen LogP contribution is -2.05. The predicted molar refractivity (Wildman–Crippen MR) is 74.7 cm³/mol. The van der Waals surface area contributed by atoms with Crippen LogP contribution in [0.4, 0.5) is 0 Å². The average molecular weight is 291 g/mol. The molecule has 0 saturated heterocycles. The Bertz CT molecular complexity index is 798. The minimum absolute atomic E-state index is 0.0793. The first-order valence-electron chi connectivity index (χ1n) is 5.47.